The second kappa shape index (κ2) is 13.0. The van der Waals surface area contributed by atoms with Crippen LogP contribution in [-0.2, 0) is 16.8 Å². The average molecular weight is 548 g/mol. The Morgan fingerprint density at radius 2 is 1.30 bits per heavy atom. The summed E-state index contributed by atoms with van der Waals surface area (Å²) in [7, 11) is 0. The van der Waals surface area contributed by atoms with Gasteiger partial charge in [0.1, 0.15) is 11.6 Å². The molecule has 6 heteroatoms. The molecule has 1 atom stereocenters. The van der Waals surface area contributed by atoms with E-state index >= 15 is 0 Å². The van der Waals surface area contributed by atoms with Crippen LogP contribution in [0.15, 0.2) is 72.8 Å². The van der Waals surface area contributed by atoms with E-state index in [2.05, 4.69) is 69.1 Å². The molecule has 1 fully saturated rings. The lowest BCUT2D eigenvalue weighted by Crippen LogP contribution is -2.54. The van der Waals surface area contributed by atoms with Gasteiger partial charge in [-0.05, 0) is 64.3 Å². The number of benzene rings is 3. The summed E-state index contributed by atoms with van der Waals surface area (Å²) in [6, 6.07) is 21.3. The minimum absolute atomic E-state index is 0.108. The Morgan fingerprint density at radius 3 is 1.75 bits per heavy atom. The van der Waals surface area contributed by atoms with Crippen molar-refractivity contribution in [3.63, 3.8) is 0 Å². The fraction of sp³-hybridized carbons (Fsp3) is 0.441. The number of carbonyl (C=O) groups is 1. The minimum Gasteiger partial charge on any atom is -0.339 e. The zero-order chi connectivity index (χ0) is 28.9. The van der Waals surface area contributed by atoms with Crippen LogP contribution in [0.4, 0.5) is 8.78 Å². The normalized spacial score (nSPS) is 15.6. The Balaban J connectivity index is 1.43. The van der Waals surface area contributed by atoms with E-state index in [1.807, 2.05) is 4.90 Å². The number of rotatable bonds is 9. The highest BCUT2D eigenvalue weighted by molar-refractivity contribution is 5.82. The Kier molecular flexibility index (Phi) is 9.75. The van der Waals surface area contributed by atoms with Crippen LogP contribution in [0.25, 0.3) is 0 Å². The van der Waals surface area contributed by atoms with Gasteiger partial charge in [-0.2, -0.15) is 0 Å². The molecule has 1 heterocycles. The third-order valence-electron chi connectivity index (χ3n) is 7.74. The molecule has 0 spiro atoms. The molecule has 0 aliphatic carbocycles. The van der Waals surface area contributed by atoms with E-state index in [1.54, 1.807) is 24.3 Å². The second-order valence-electron chi connectivity index (χ2n) is 12.4. The smallest absolute Gasteiger partial charge is 0.239 e. The maximum absolute atomic E-state index is 13.7. The van der Waals surface area contributed by atoms with E-state index in [0.717, 1.165) is 17.5 Å². The maximum Gasteiger partial charge on any atom is 0.239 e. The first-order chi connectivity index (χ1) is 19.0. The predicted octanol–water partition coefficient (Wildman–Crippen LogP) is 6.70. The molecule has 0 saturated carbocycles. The molecular weight excluding hydrogens is 504 g/mol. The molecule has 1 aliphatic heterocycles. The van der Waals surface area contributed by atoms with Crippen molar-refractivity contribution in [2.24, 2.45) is 5.92 Å². The van der Waals surface area contributed by atoms with Crippen LogP contribution in [0.5, 0.6) is 0 Å². The van der Waals surface area contributed by atoms with Crippen molar-refractivity contribution < 1.29 is 13.6 Å². The van der Waals surface area contributed by atoms with Crippen LogP contribution in [0.3, 0.4) is 0 Å². The van der Waals surface area contributed by atoms with Gasteiger partial charge in [0.2, 0.25) is 5.91 Å². The Hall–Kier alpha value is -3.09. The Labute approximate surface area is 238 Å². The van der Waals surface area contributed by atoms with Crippen LogP contribution < -0.4 is 5.32 Å². The van der Waals surface area contributed by atoms with Crippen molar-refractivity contribution in [3.05, 3.63) is 107 Å². The standard InChI is InChI=1S/C34H43F2N3O/c1-24(2)22-31(37-23-25-6-12-28(13-7-25)34(3,4)5)33(40)39-20-18-38(19-21-39)32(26-8-14-29(35)15-9-26)27-10-16-30(36)17-11-27/h6-17,24,31-32,37H,18-23H2,1-5H3/t31-/m0/s1. The van der Waals surface area contributed by atoms with Crippen molar-refractivity contribution in [1.29, 1.82) is 0 Å². The number of amides is 1. The molecule has 1 N–H and O–H groups in total. The summed E-state index contributed by atoms with van der Waals surface area (Å²) in [6.45, 7) is 14.1. The number of carbonyl (C=O) groups excluding carboxylic acids is 1. The second-order valence-corrected chi connectivity index (χ2v) is 12.4. The quantitative estimate of drug-likeness (QED) is 0.324. The van der Waals surface area contributed by atoms with Gasteiger partial charge in [-0.1, -0.05) is 83.1 Å². The van der Waals surface area contributed by atoms with Gasteiger partial charge in [0.15, 0.2) is 0 Å². The molecule has 1 aliphatic rings. The van der Waals surface area contributed by atoms with Crippen molar-refractivity contribution in [3.8, 4) is 0 Å². The molecule has 0 radical (unpaired) electrons. The molecule has 4 rings (SSSR count). The summed E-state index contributed by atoms with van der Waals surface area (Å²) in [5, 5.41) is 3.54. The number of halogens is 2. The number of hydrogen-bond donors (Lipinski definition) is 1. The van der Waals surface area contributed by atoms with Gasteiger partial charge < -0.3 is 10.2 Å². The molecule has 1 saturated heterocycles. The first kappa shape index (κ1) is 29.9. The zero-order valence-corrected chi connectivity index (χ0v) is 24.5. The lowest BCUT2D eigenvalue weighted by atomic mass is 9.87. The van der Waals surface area contributed by atoms with Gasteiger partial charge in [-0.25, -0.2) is 8.78 Å². The lowest BCUT2D eigenvalue weighted by Gasteiger charge is -2.41. The third kappa shape index (κ3) is 7.76. The van der Waals surface area contributed by atoms with Gasteiger partial charge in [0.05, 0.1) is 12.1 Å². The fourth-order valence-corrected chi connectivity index (χ4v) is 5.43. The van der Waals surface area contributed by atoms with E-state index in [-0.39, 0.29) is 35.0 Å². The Bertz CT molecular complexity index is 1180. The first-order valence-corrected chi connectivity index (χ1v) is 14.4. The third-order valence-corrected chi connectivity index (χ3v) is 7.74. The van der Waals surface area contributed by atoms with Crippen molar-refractivity contribution in [2.75, 3.05) is 26.2 Å². The van der Waals surface area contributed by atoms with E-state index < -0.39 is 0 Å². The highest BCUT2D eigenvalue weighted by Crippen LogP contribution is 2.30. The lowest BCUT2D eigenvalue weighted by molar-refractivity contribution is -0.136. The molecule has 0 unspecified atom stereocenters. The predicted molar refractivity (Wildman–Crippen MR) is 158 cm³/mol. The monoisotopic (exact) mass is 547 g/mol. The summed E-state index contributed by atoms with van der Waals surface area (Å²) >= 11 is 0. The largest absolute Gasteiger partial charge is 0.339 e. The Morgan fingerprint density at radius 1 is 0.800 bits per heavy atom. The summed E-state index contributed by atoms with van der Waals surface area (Å²) < 4.78 is 27.4. The average Bonchev–Trinajstić information content (AvgIpc) is 2.93. The van der Waals surface area contributed by atoms with Crippen LogP contribution in [0.2, 0.25) is 0 Å². The molecule has 1 amide bonds. The molecule has 3 aromatic carbocycles. The van der Waals surface area contributed by atoms with Crippen LogP contribution in [0.1, 0.15) is 69.3 Å². The van der Waals surface area contributed by atoms with E-state index in [9.17, 15) is 13.6 Å². The van der Waals surface area contributed by atoms with Gasteiger partial charge in [-0.3, -0.25) is 9.69 Å². The molecule has 3 aromatic rings. The number of nitrogens with one attached hydrogen (secondary N) is 1. The summed E-state index contributed by atoms with van der Waals surface area (Å²) in [5.74, 6) is -0.0520. The molecule has 4 nitrogen and oxygen atoms in total. The minimum atomic E-state index is -0.286. The molecule has 0 aromatic heterocycles. The first-order valence-electron chi connectivity index (χ1n) is 14.4. The van der Waals surface area contributed by atoms with Gasteiger partial charge in [-0.15, -0.1) is 0 Å². The maximum atomic E-state index is 13.7. The molecule has 0 bridgehead atoms. The van der Waals surface area contributed by atoms with E-state index in [4.69, 9.17) is 0 Å². The van der Waals surface area contributed by atoms with E-state index in [1.165, 1.54) is 35.4 Å². The summed E-state index contributed by atoms with van der Waals surface area (Å²) in [5.41, 5.74) is 4.47. The highest BCUT2D eigenvalue weighted by Gasteiger charge is 2.31. The molecular formula is C34H43F2N3O. The number of hydrogen-bond acceptors (Lipinski definition) is 3. The SMILES string of the molecule is CC(C)C[C@H](NCc1ccc(C(C)(C)C)cc1)C(=O)N1CCN(C(c2ccc(F)cc2)c2ccc(F)cc2)CC1. The fourth-order valence-electron chi connectivity index (χ4n) is 5.43. The van der Waals surface area contributed by atoms with Gasteiger partial charge >= 0.3 is 0 Å². The molecule has 40 heavy (non-hydrogen) atoms. The number of piperazine rings is 1. The summed E-state index contributed by atoms with van der Waals surface area (Å²) in [6.07, 6.45) is 0.771. The van der Waals surface area contributed by atoms with Crippen molar-refractivity contribution >= 4 is 5.91 Å². The van der Waals surface area contributed by atoms with Crippen LogP contribution in [0, 0.1) is 17.6 Å². The van der Waals surface area contributed by atoms with Crippen LogP contribution >= 0.6 is 0 Å². The molecule has 214 valence electrons. The van der Waals surface area contributed by atoms with Gasteiger partial charge in [0.25, 0.3) is 0 Å². The van der Waals surface area contributed by atoms with E-state index in [0.29, 0.717) is 38.6 Å². The highest BCUT2D eigenvalue weighted by atomic mass is 19.1. The topological polar surface area (TPSA) is 35.6 Å². The van der Waals surface area contributed by atoms with Crippen molar-refractivity contribution in [2.45, 2.75) is 65.1 Å². The van der Waals surface area contributed by atoms with Crippen molar-refractivity contribution in [1.82, 2.24) is 15.1 Å². The zero-order valence-electron chi connectivity index (χ0n) is 24.5. The number of nitrogens with zero attached hydrogens (tertiary/aromatic N) is 2. The van der Waals surface area contributed by atoms with Gasteiger partial charge in [0, 0.05) is 32.7 Å². The van der Waals surface area contributed by atoms with Crippen LogP contribution in [-0.4, -0.2) is 47.9 Å². The summed E-state index contributed by atoms with van der Waals surface area (Å²) in [4.78, 5) is 18.0.